The molecule has 0 spiro atoms. The Balaban J connectivity index is 1.79. The molecular formula is C14H12Cl2N2O3. The molecule has 1 aliphatic rings. The van der Waals surface area contributed by atoms with Crippen molar-refractivity contribution in [3.05, 3.63) is 45.5 Å². The monoisotopic (exact) mass is 326 g/mol. The topological polar surface area (TPSA) is 65.2 Å². The van der Waals surface area contributed by atoms with Gasteiger partial charge in [-0.3, -0.25) is 4.79 Å². The number of methoxy groups -OCH3 is 1. The molecule has 1 aromatic heterocycles. The summed E-state index contributed by atoms with van der Waals surface area (Å²) < 4.78 is 10.0. The molecule has 0 amide bonds. The molecule has 0 atom stereocenters. The Bertz CT molecular complexity index is 695. The van der Waals surface area contributed by atoms with Crippen LogP contribution in [0.25, 0.3) is 0 Å². The summed E-state index contributed by atoms with van der Waals surface area (Å²) in [7, 11) is 1.36. The van der Waals surface area contributed by atoms with Gasteiger partial charge in [0.25, 0.3) is 0 Å². The summed E-state index contributed by atoms with van der Waals surface area (Å²) in [6.45, 7) is 0. The maximum absolute atomic E-state index is 11.8. The number of hydrogen-bond donors (Lipinski definition) is 0. The number of carbonyl (C=O) groups excluding carboxylic acids is 1. The Morgan fingerprint density at radius 3 is 2.76 bits per heavy atom. The molecule has 1 aliphatic carbocycles. The average molecular weight is 327 g/mol. The fraction of sp³-hybridized carbons (Fsp3) is 0.357. The van der Waals surface area contributed by atoms with Crippen molar-refractivity contribution in [2.45, 2.75) is 24.7 Å². The first-order chi connectivity index (χ1) is 10.0. The van der Waals surface area contributed by atoms with Crippen molar-refractivity contribution in [1.82, 2.24) is 10.1 Å². The van der Waals surface area contributed by atoms with Crippen LogP contribution in [0.15, 0.2) is 22.7 Å². The number of ether oxygens (including phenoxy) is 1. The average Bonchev–Trinajstić information content (AvgIpc) is 3.16. The van der Waals surface area contributed by atoms with Crippen LogP contribution in [0.1, 0.15) is 30.1 Å². The molecule has 1 saturated carbocycles. The molecule has 0 unspecified atom stereocenters. The van der Waals surface area contributed by atoms with Gasteiger partial charge in [0.1, 0.15) is 5.41 Å². The molecule has 0 aliphatic heterocycles. The van der Waals surface area contributed by atoms with Gasteiger partial charge in [0.15, 0.2) is 5.82 Å². The highest BCUT2D eigenvalue weighted by molar-refractivity contribution is 6.42. The Kier molecular flexibility index (Phi) is 3.63. The Morgan fingerprint density at radius 1 is 1.38 bits per heavy atom. The van der Waals surface area contributed by atoms with Crippen LogP contribution in [-0.2, 0) is 21.4 Å². The summed E-state index contributed by atoms with van der Waals surface area (Å²) in [5.74, 6) is 0.496. The van der Waals surface area contributed by atoms with Gasteiger partial charge >= 0.3 is 5.97 Å². The summed E-state index contributed by atoms with van der Waals surface area (Å²) in [5.41, 5.74) is 0.178. The number of halogens is 2. The van der Waals surface area contributed by atoms with Gasteiger partial charge in [-0.05, 0) is 30.5 Å². The van der Waals surface area contributed by atoms with Gasteiger partial charge in [-0.1, -0.05) is 34.4 Å². The van der Waals surface area contributed by atoms with Gasteiger partial charge in [-0.15, -0.1) is 0 Å². The lowest BCUT2D eigenvalue weighted by Gasteiger charge is -2.05. The van der Waals surface area contributed by atoms with E-state index in [0.717, 1.165) is 5.56 Å². The second-order valence-corrected chi connectivity index (χ2v) is 5.83. The van der Waals surface area contributed by atoms with Crippen LogP contribution in [-0.4, -0.2) is 23.2 Å². The maximum Gasteiger partial charge on any atom is 0.321 e. The maximum atomic E-state index is 11.8. The van der Waals surface area contributed by atoms with E-state index in [1.807, 2.05) is 6.07 Å². The molecule has 0 N–H and O–H groups in total. The third kappa shape index (κ3) is 2.63. The lowest BCUT2D eigenvalue weighted by atomic mass is 10.1. The molecule has 110 valence electrons. The minimum atomic E-state index is -0.738. The summed E-state index contributed by atoms with van der Waals surface area (Å²) >= 11 is 11.8. The second-order valence-electron chi connectivity index (χ2n) is 5.01. The Hall–Kier alpha value is -1.59. The number of hydrogen-bond acceptors (Lipinski definition) is 5. The zero-order valence-electron chi connectivity index (χ0n) is 11.2. The molecule has 2 aromatic rings. The normalized spacial score (nSPS) is 15.8. The first-order valence-corrected chi connectivity index (χ1v) is 7.16. The minimum Gasteiger partial charge on any atom is -0.468 e. The summed E-state index contributed by atoms with van der Waals surface area (Å²) in [5, 5.41) is 4.89. The second kappa shape index (κ2) is 5.31. The van der Waals surface area contributed by atoms with E-state index in [9.17, 15) is 4.79 Å². The van der Waals surface area contributed by atoms with E-state index in [1.165, 1.54) is 7.11 Å². The highest BCUT2D eigenvalue weighted by Gasteiger charge is 2.57. The molecule has 1 heterocycles. The van der Waals surface area contributed by atoms with Crippen LogP contribution in [0.4, 0.5) is 0 Å². The molecule has 5 nitrogen and oxygen atoms in total. The number of carbonyl (C=O) groups is 1. The molecule has 21 heavy (non-hydrogen) atoms. The predicted octanol–water partition coefficient (Wildman–Crippen LogP) is 3.17. The van der Waals surface area contributed by atoms with Crippen molar-refractivity contribution >= 4 is 29.2 Å². The van der Waals surface area contributed by atoms with E-state index in [0.29, 0.717) is 41.0 Å². The van der Waals surface area contributed by atoms with E-state index in [1.54, 1.807) is 12.1 Å². The fourth-order valence-corrected chi connectivity index (χ4v) is 2.50. The van der Waals surface area contributed by atoms with E-state index < -0.39 is 5.41 Å². The van der Waals surface area contributed by atoms with Gasteiger partial charge in [0, 0.05) is 6.42 Å². The van der Waals surface area contributed by atoms with E-state index >= 15 is 0 Å². The van der Waals surface area contributed by atoms with Crippen molar-refractivity contribution in [3.8, 4) is 0 Å². The first kappa shape index (κ1) is 14.4. The molecule has 0 radical (unpaired) electrons. The number of rotatable bonds is 4. The Morgan fingerprint density at radius 2 is 2.14 bits per heavy atom. The van der Waals surface area contributed by atoms with Crippen LogP contribution < -0.4 is 0 Å². The smallest absolute Gasteiger partial charge is 0.321 e. The zero-order chi connectivity index (χ0) is 15.0. The summed E-state index contributed by atoms with van der Waals surface area (Å²) in [6, 6.07) is 5.32. The SMILES string of the molecule is COC(=O)C1(c2nc(Cc3ccc(Cl)c(Cl)c3)no2)CC1. The van der Waals surface area contributed by atoms with E-state index in [4.69, 9.17) is 32.5 Å². The van der Waals surface area contributed by atoms with E-state index in [2.05, 4.69) is 10.1 Å². The third-order valence-corrected chi connectivity index (χ3v) is 4.29. The predicted molar refractivity (Wildman–Crippen MR) is 76.5 cm³/mol. The molecule has 0 bridgehead atoms. The number of aromatic nitrogens is 2. The first-order valence-electron chi connectivity index (χ1n) is 6.40. The summed E-state index contributed by atoms with van der Waals surface area (Å²) in [6.07, 6.45) is 1.81. The largest absolute Gasteiger partial charge is 0.468 e. The van der Waals surface area contributed by atoms with Crippen LogP contribution in [0.5, 0.6) is 0 Å². The molecule has 1 aromatic carbocycles. The third-order valence-electron chi connectivity index (χ3n) is 3.55. The van der Waals surface area contributed by atoms with Crippen LogP contribution >= 0.6 is 23.2 Å². The van der Waals surface area contributed by atoms with Crippen molar-refractivity contribution in [3.63, 3.8) is 0 Å². The van der Waals surface area contributed by atoms with Crippen LogP contribution in [0.3, 0.4) is 0 Å². The molecule has 7 heteroatoms. The van der Waals surface area contributed by atoms with Crippen molar-refractivity contribution < 1.29 is 14.1 Å². The summed E-state index contributed by atoms with van der Waals surface area (Å²) in [4.78, 5) is 16.1. The number of esters is 1. The molecule has 3 rings (SSSR count). The molecular weight excluding hydrogens is 315 g/mol. The van der Waals surface area contributed by atoms with Crippen molar-refractivity contribution in [1.29, 1.82) is 0 Å². The fourth-order valence-electron chi connectivity index (χ4n) is 2.18. The lowest BCUT2D eigenvalue weighted by molar-refractivity contribution is -0.144. The van der Waals surface area contributed by atoms with Crippen molar-refractivity contribution in [2.75, 3.05) is 7.11 Å². The van der Waals surface area contributed by atoms with Gasteiger partial charge in [-0.25, -0.2) is 0 Å². The molecule has 0 saturated heterocycles. The Labute approximate surface area is 131 Å². The highest BCUT2D eigenvalue weighted by atomic mass is 35.5. The van der Waals surface area contributed by atoms with Gasteiger partial charge < -0.3 is 9.26 Å². The highest BCUT2D eigenvalue weighted by Crippen LogP contribution is 2.48. The van der Waals surface area contributed by atoms with Gasteiger partial charge in [-0.2, -0.15) is 4.98 Å². The number of benzene rings is 1. The standard InChI is InChI=1S/C14H12Cl2N2O3/c1-20-13(19)14(4-5-14)12-17-11(18-21-12)7-8-2-3-9(15)10(16)6-8/h2-3,6H,4-5,7H2,1H3. The van der Waals surface area contributed by atoms with Gasteiger partial charge in [0.05, 0.1) is 17.2 Å². The quantitative estimate of drug-likeness (QED) is 0.807. The van der Waals surface area contributed by atoms with Crippen LogP contribution in [0.2, 0.25) is 10.0 Å². The molecule has 1 fully saturated rings. The minimum absolute atomic E-state index is 0.324. The number of nitrogens with zero attached hydrogens (tertiary/aromatic N) is 2. The van der Waals surface area contributed by atoms with Crippen LogP contribution in [0, 0.1) is 0 Å². The lowest BCUT2D eigenvalue weighted by Crippen LogP contribution is -2.22. The van der Waals surface area contributed by atoms with E-state index in [-0.39, 0.29) is 5.97 Å². The van der Waals surface area contributed by atoms with Gasteiger partial charge in [0.2, 0.25) is 5.89 Å². The van der Waals surface area contributed by atoms with Crippen molar-refractivity contribution in [2.24, 2.45) is 0 Å². The zero-order valence-corrected chi connectivity index (χ0v) is 12.7.